The van der Waals surface area contributed by atoms with E-state index in [1.807, 2.05) is 52.9 Å². The molecule has 18 heteroatoms. The van der Waals surface area contributed by atoms with Crippen LogP contribution in [0.3, 0.4) is 0 Å². The van der Waals surface area contributed by atoms with Gasteiger partial charge in [0.25, 0.3) is 0 Å². The van der Waals surface area contributed by atoms with Crippen molar-refractivity contribution in [1.29, 1.82) is 0 Å². The average molecular weight is 804 g/mol. The summed E-state index contributed by atoms with van der Waals surface area (Å²) in [6, 6.07) is 10.0. The van der Waals surface area contributed by atoms with Crippen LogP contribution in [0, 0.1) is 18.6 Å². The van der Waals surface area contributed by atoms with E-state index in [1.165, 1.54) is 16.8 Å². The van der Waals surface area contributed by atoms with Crippen molar-refractivity contribution in [3.05, 3.63) is 72.3 Å². The van der Waals surface area contributed by atoms with Crippen LogP contribution in [0.25, 0.3) is 39.1 Å². The molecule has 6 bridgehead atoms. The van der Waals surface area contributed by atoms with Gasteiger partial charge >= 0.3 is 0 Å². The van der Waals surface area contributed by atoms with Gasteiger partial charge in [0.1, 0.15) is 46.7 Å². The highest BCUT2D eigenvalue weighted by Crippen LogP contribution is 2.43. The first-order valence-corrected chi connectivity index (χ1v) is 20.0. The summed E-state index contributed by atoms with van der Waals surface area (Å²) >= 11 is 0. The number of hydrogen-bond donors (Lipinski definition) is 2. The maximum atomic E-state index is 15.4. The first-order chi connectivity index (χ1) is 28.7. The van der Waals surface area contributed by atoms with Crippen LogP contribution in [0.2, 0.25) is 0 Å². The molecule has 5 fully saturated rings. The molecule has 10 heterocycles. The molecule has 12 rings (SSSR count). The Hall–Kier alpha value is -6.30. The molecule has 6 aliphatic rings. The number of aliphatic hydroxyl groups is 1. The number of amides is 2. The molecule has 1 aromatic carbocycles. The number of piperazine rings is 1. The third-order valence-corrected chi connectivity index (χ3v) is 12.3. The third-order valence-electron chi connectivity index (χ3n) is 12.3. The maximum Gasteiger partial charge on any atom is 0.245 e. The molecule has 4 unspecified atom stereocenters. The number of fused-ring (bicyclic) bond motifs is 8. The largest absolute Gasteiger partial charge is 0.400 e. The van der Waals surface area contributed by atoms with Crippen LogP contribution in [0.15, 0.2) is 54.9 Å². The summed E-state index contributed by atoms with van der Waals surface area (Å²) in [7, 11) is 2.82. The molecule has 4 atom stereocenters. The van der Waals surface area contributed by atoms with E-state index >= 15 is 4.39 Å². The van der Waals surface area contributed by atoms with Crippen LogP contribution in [-0.4, -0.2) is 130 Å². The van der Waals surface area contributed by atoms with Gasteiger partial charge in [0.15, 0.2) is 11.5 Å². The Morgan fingerprint density at radius 1 is 0.881 bits per heavy atom. The second-order valence-electron chi connectivity index (χ2n) is 15.9. The molecule has 5 aliphatic heterocycles. The maximum absolute atomic E-state index is 15.4. The predicted octanol–water partition coefficient (Wildman–Crippen LogP) is 3.69. The van der Waals surface area contributed by atoms with E-state index in [9.17, 15) is 14.0 Å². The minimum atomic E-state index is -0.801. The molecule has 0 radical (unpaired) electrons. The highest BCUT2D eigenvalue weighted by atomic mass is 19.1. The lowest BCUT2D eigenvalue weighted by atomic mass is 9.87. The standard InChI is InChI=1S/C40H39F2N13O2.CH4O/c1-21-45-29-11-12-43-34-28-5-3-6-33(47-28)46-23-16-31(38(56)50(2)13-4-14-51(21)35(29)34)53(19-23)36-26-18-44-55(30-10-7-22(41)15-27(30)42)37(26)49-40(48-36)54-25-17-32(54)39(57)52(20-25)24-8-9-24;1-2/h3,5-7,10-12,15,18,23-25,31-32H,4,8-9,13-14,16-17,19-20H2,1-2H3,(H,46,47);2H,1H3. The summed E-state index contributed by atoms with van der Waals surface area (Å²) in [5, 5.41) is 15.7. The highest BCUT2D eigenvalue weighted by Gasteiger charge is 2.54. The predicted molar refractivity (Wildman–Crippen MR) is 215 cm³/mol. The van der Waals surface area contributed by atoms with Gasteiger partial charge in [-0.15, -0.1) is 0 Å². The van der Waals surface area contributed by atoms with Gasteiger partial charge in [0, 0.05) is 64.7 Å². The summed E-state index contributed by atoms with van der Waals surface area (Å²) in [4.78, 5) is 60.7. The summed E-state index contributed by atoms with van der Waals surface area (Å²) in [6.45, 7) is 4.05. The van der Waals surface area contributed by atoms with E-state index in [0.717, 1.165) is 48.6 Å². The number of carbonyl (C=O) groups excluding carboxylic acids is 2. The van der Waals surface area contributed by atoms with Crippen LogP contribution in [0.5, 0.6) is 0 Å². The number of halogens is 2. The number of aryl methyl sites for hydroxylation is 2. The Kier molecular flexibility index (Phi) is 8.91. The first kappa shape index (κ1) is 37.0. The molecule has 4 saturated heterocycles. The van der Waals surface area contributed by atoms with Gasteiger partial charge in [-0.2, -0.15) is 15.1 Å². The summed E-state index contributed by atoms with van der Waals surface area (Å²) in [5.41, 5.74) is 3.50. The van der Waals surface area contributed by atoms with Gasteiger partial charge in [0.05, 0.1) is 34.4 Å². The number of benzene rings is 1. The second-order valence-corrected chi connectivity index (χ2v) is 15.9. The number of pyridine rings is 2. The minimum Gasteiger partial charge on any atom is -0.400 e. The molecule has 304 valence electrons. The van der Waals surface area contributed by atoms with Gasteiger partial charge in [-0.05, 0) is 69.4 Å². The number of aliphatic hydroxyl groups excluding tert-OH is 1. The topological polar surface area (TPSA) is 167 Å². The Morgan fingerprint density at radius 3 is 2.53 bits per heavy atom. The van der Waals surface area contributed by atoms with E-state index in [1.54, 1.807) is 17.3 Å². The van der Waals surface area contributed by atoms with Crippen LogP contribution in [-0.2, 0) is 16.1 Å². The number of carbonyl (C=O) groups is 2. The highest BCUT2D eigenvalue weighted by molar-refractivity contribution is 5.95. The van der Waals surface area contributed by atoms with Crippen LogP contribution >= 0.6 is 0 Å². The van der Waals surface area contributed by atoms with E-state index < -0.39 is 23.7 Å². The van der Waals surface area contributed by atoms with Crippen LogP contribution in [0.1, 0.15) is 37.9 Å². The molecular formula is C41H43F2N13O3. The summed E-state index contributed by atoms with van der Waals surface area (Å²) in [6.07, 6.45) is 7.17. The molecule has 2 N–H and O–H groups in total. The van der Waals surface area contributed by atoms with Crippen molar-refractivity contribution in [3.63, 3.8) is 0 Å². The number of imidazole rings is 1. The number of aromatic nitrogens is 8. The molecule has 59 heavy (non-hydrogen) atoms. The van der Waals surface area contributed by atoms with Crippen molar-refractivity contribution in [2.75, 3.05) is 48.9 Å². The van der Waals surface area contributed by atoms with E-state index in [2.05, 4.69) is 15.0 Å². The lowest BCUT2D eigenvalue weighted by molar-refractivity contribution is -0.140. The summed E-state index contributed by atoms with van der Waals surface area (Å²) < 4.78 is 32.9. The van der Waals surface area contributed by atoms with Crippen LogP contribution < -0.4 is 15.1 Å². The zero-order chi connectivity index (χ0) is 40.7. The molecule has 1 aliphatic carbocycles. The van der Waals surface area contributed by atoms with Gasteiger partial charge in [-0.3, -0.25) is 14.6 Å². The second kappa shape index (κ2) is 14.2. The normalized spacial score (nSPS) is 22.8. The van der Waals surface area contributed by atoms with Crippen molar-refractivity contribution in [1.82, 2.24) is 49.1 Å². The molecule has 1 saturated carbocycles. The molecule has 6 aromatic rings. The number of piperidine rings is 1. The minimum absolute atomic E-state index is 0.0176. The van der Waals surface area contributed by atoms with E-state index in [0.29, 0.717) is 80.1 Å². The van der Waals surface area contributed by atoms with Gasteiger partial charge in [0.2, 0.25) is 17.8 Å². The van der Waals surface area contributed by atoms with Gasteiger partial charge < -0.3 is 34.6 Å². The van der Waals surface area contributed by atoms with Gasteiger partial charge in [-0.25, -0.2) is 23.4 Å². The zero-order valence-electron chi connectivity index (χ0n) is 32.8. The Morgan fingerprint density at radius 2 is 1.73 bits per heavy atom. The first-order valence-electron chi connectivity index (χ1n) is 20.0. The number of anilines is 3. The average Bonchev–Trinajstić information content (AvgIpc) is 3.73. The Balaban J connectivity index is 0.00000207. The lowest BCUT2D eigenvalue weighted by Gasteiger charge is -2.55. The van der Waals surface area contributed by atoms with E-state index in [4.69, 9.17) is 30.0 Å². The van der Waals surface area contributed by atoms with Crippen molar-refractivity contribution in [2.24, 2.45) is 0 Å². The summed E-state index contributed by atoms with van der Waals surface area (Å²) in [5.74, 6) is 0.733. The number of likely N-dealkylation sites (N-methyl/N-ethyl adjacent to an activating group) is 1. The molecule has 0 spiro atoms. The SMILES string of the molecule is CO.Cc1nc2ccnc3c2n1CCCN(C)C(=O)C1CC(CN1c1nc(N2C4CC2C(=O)N(C2CC2)C4)nc2c1cnn2-c1ccc(F)cc1F)Nc1cccc-3n1. The van der Waals surface area contributed by atoms with Crippen molar-refractivity contribution >= 4 is 51.5 Å². The fourth-order valence-electron chi connectivity index (χ4n) is 9.31. The number of hydrogen-bond acceptors (Lipinski definition) is 12. The number of nitrogens with zero attached hydrogens (tertiary/aromatic N) is 12. The smallest absolute Gasteiger partial charge is 0.245 e. The monoisotopic (exact) mass is 803 g/mol. The van der Waals surface area contributed by atoms with Crippen LogP contribution in [0.4, 0.5) is 26.4 Å². The Labute approximate surface area is 337 Å². The van der Waals surface area contributed by atoms with Gasteiger partial charge in [-0.1, -0.05) is 6.07 Å². The molecular weight excluding hydrogens is 761 g/mol. The zero-order valence-corrected chi connectivity index (χ0v) is 32.8. The van der Waals surface area contributed by atoms with E-state index in [-0.39, 0.29) is 35.2 Å². The molecule has 5 aromatic heterocycles. The third kappa shape index (κ3) is 6.10. The van der Waals surface area contributed by atoms with Crippen molar-refractivity contribution in [3.8, 4) is 17.1 Å². The van der Waals surface area contributed by atoms with Crippen molar-refractivity contribution < 1.29 is 23.5 Å². The fraction of sp³-hybridized carbons (Fsp3) is 0.415. The number of rotatable bonds is 4. The quantitative estimate of drug-likeness (QED) is 0.266. The number of nitrogens with one attached hydrogen (secondary N) is 1. The van der Waals surface area contributed by atoms with Crippen molar-refractivity contribution in [2.45, 2.75) is 75.8 Å². The fourth-order valence-corrected chi connectivity index (χ4v) is 9.31. The Bertz CT molecular complexity index is 2650. The lowest BCUT2D eigenvalue weighted by Crippen LogP contribution is -2.72. The molecule has 16 nitrogen and oxygen atoms in total. The molecule has 2 amide bonds.